The van der Waals surface area contributed by atoms with Crippen molar-refractivity contribution in [3.05, 3.63) is 0 Å². The zero-order valence-electron chi connectivity index (χ0n) is 20.1. The van der Waals surface area contributed by atoms with E-state index in [2.05, 4.69) is 21.3 Å². The fraction of sp³-hybridized carbons (Fsp3) is 0.773. The van der Waals surface area contributed by atoms with Crippen molar-refractivity contribution in [3.8, 4) is 0 Å². The Morgan fingerprint density at radius 3 is 2.41 bits per heavy atom. The van der Waals surface area contributed by atoms with Crippen molar-refractivity contribution in [2.45, 2.75) is 83.0 Å². The Morgan fingerprint density at radius 1 is 1.12 bits per heavy atom. The van der Waals surface area contributed by atoms with Gasteiger partial charge in [0.2, 0.25) is 17.7 Å². The van der Waals surface area contributed by atoms with Crippen LogP contribution in [0, 0.1) is 11.3 Å². The quantitative estimate of drug-likeness (QED) is 0.106. The molecule has 2 heterocycles. The first-order chi connectivity index (χ1) is 16.1. The summed E-state index contributed by atoms with van der Waals surface area (Å²) in [6, 6.07) is -2.94. The van der Waals surface area contributed by atoms with Gasteiger partial charge in [0.25, 0.3) is 0 Å². The first kappa shape index (κ1) is 27.4. The van der Waals surface area contributed by atoms with Gasteiger partial charge < -0.3 is 37.0 Å². The second-order valence-corrected chi connectivity index (χ2v) is 9.41. The molecule has 0 aromatic heterocycles. The molecule has 0 bridgehead atoms. The highest BCUT2D eigenvalue weighted by atomic mass is 16.4. The third kappa shape index (κ3) is 8.15. The summed E-state index contributed by atoms with van der Waals surface area (Å²) in [5.41, 5.74) is 5.22. The Balaban J connectivity index is 2.02. The monoisotopic (exact) mass is 481 g/mol. The molecule has 0 spiro atoms. The van der Waals surface area contributed by atoms with Crippen LogP contribution in [0.4, 0.5) is 0 Å². The molecule has 0 aromatic carbocycles. The summed E-state index contributed by atoms with van der Waals surface area (Å²) in [5, 5.41) is 27.8. The molecule has 2 fully saturated rings. The third-order valence-electron chi connectivity index (χ3n) is 6.14. The van der Waals surface area contributed by atoms with Gasteiger partial charge in [0, 0.05) is 13.1 Å². The van der Waals surface area contributed by atoms with Crippen LogP contribution in [0.5, 0.6) is 0 Å². The van der Waals surface area contributed by atoms with Gasteiger partial charge in [0.05, 0.1) is 6.04 Å². The Kier molecular flexibility index (Phi) is 10.6. The van der Waals surface area contributed by atoms with Gasteiger partial charge >= 0.3 is 5.97 Å². The van der Waals surface area contributed by atoms with Crippen molar-refractivity contribution in [2.75, 3.05) is 19.6 Å². The fourth-order valence-corrected chi connectivity index (χ4v) is 4.43. The minimum atomic E-state index is -1.17. The predicted molar refractivity (Wildman–Crippen MR) is 126 cm³/mol. The van der Waals surface area contributed by atoms with Gasteiger partial charge in [-0.1, -0.05) is 13.8 Å². The van der Waals surface area contributed by atoms with E-state index in [1.807, 2.05) is 13.8 Å². The molecule has 2 saturated heterocycles. The number of nitrogens with one attached hydrogen (secondary N) is 5. The van der Waals surface area contributed by atoms with Gasteiger partial charge in [-0.2, -0.15) is 0 Å². The molecule has 0 saturated carbocycles. The number of carbonyl (C=O) groups excluding carboxylic acids is 3. The number of aliphatic carboxylic acids is 1. The van der Waals surface area contributed by atoms with E-state index in [0.29, 0.717) is 38.8 Å². The van der Waals surface area contributed by atoms with Gasteiger partial charge in [-0.05, 0) is 57.4 Å². The van der Waals surface area contributed by atoms with Crippen molar-refractivity contribution >= 4 is 29.7 Å². The molecule has 0 aromatic rings. The lowest BCUT2D eigenvalue weighted by atomic mass is 10.0. The number of amides is 3. The Bertz CT molecular complexity index is 754. The van der Waals surface area contributed by atoms with Crippen molar-refractivity contribution in [2.24, 2.45) is 11.7 Å². The van der Waals surface area contributed by atoms with E-state index in [4.69, 9.17) is 11.1 Å². The maximum atomic E-state index is 13.4. The van der Waals surface area contributed by atoms with Gasteiger partial charge in [-0.15, -0.1) is 0 Å². The normalized spacial score (nSPS) is 21.7. The minimum Gasteiger partial charge on any atom is -0.480 e. The van der Waals surface area contributed by atoms with Crippen LogP contribution in [-0.2, 0) is 19.2 Å². The Hall–Kier alpha value is -2.89. The van der Waals surface area contributed by atoms with Crippen molar-refractivity contribution in [1.82, 2.24) is 26.2 Å². The Labute approximate surface area is 200 Å². The zero-order chi connectivity index (χ0) is 25.3. The zero-order valence-corrected chi connectivity index (χ0v) is 20.1. The number of rotatable bonds is 12. The van der Waals surface area contributed by atoms with Crippen molar-refractivity contribution in [3.63, 3.8) is 0 Å². The van der Waals surface area contributed by atoms with E-state index in [1.165, 1.54) is 4.90 Å². The average molecular weight is 482 g/mol. The second-order valence-electron chi connectivity index (χ2n) is 9.41. The first-order valence-corrected chi connectivity index (χ1v) is 12.1. The molecular formula is C22H39N7O5. The smallest absolute Gasteiger partial charge is 0.326 e. The number of carboxylic acids is 1. The first-order valence-electron chi connectivity index (χ1n) is 12.1. The molecule has 2 rings (SSSR count). The van der Waals surface area contributed by atoms with Crippen LogP contribution in [-0.4, -0.2) is 83.5 Å². The highest BCUT2D eigenvalue weighted by Gasteiger charge is 2.39. The second kappa shape index (κ2) is 13.1. The molecule has 12 nitrogen and oxygen atoms in total. The summed E-state index contributed by atoms with van der Waals surface area (Å²) in [7, 11) is 0. The van der Waals surface area contributed by atoms with Crippen LogP contribution in [0.1, 0.15) is 58.8 Å². The number of nitrogens with zero attached hydrogens (tertiary/aromatic N) is 1. The lowest BCUT2D eigenvalue weighted by Crippen LogP contribution is -2.57. The number of nitrogens with two attached hydrogens (primary N) is 1. The van der Waals surface area contributed by atoms with E-state index in [9.17, 15) is 24.3 Å². The molecule has 34 heavy (non-hydrogen) atoms. The van der Waals surface area contributed by atoms with Crippen LogP contribution in [0.25, 0.3) is 0 Å². The van der Waals surface area contributed by atoms with Gasteiger partial charge in [-0.3, -0.25) is 19.8 Å². The number of hydrogen-bond donors (Lipinski definition) is 7. The maximum absolute atomic E-state index is 13.4. The number of hydrogen-bond acceptors (Lipinski definition) is 6. The number of carboxylic acid groups (broad SMARTS) is 1. The Morgan fingerprint density at radius 2 is 1.82 bits per heavy atom. The number of likely N-dealkylation sites (tertiary alicyclic amines) is 1. The predicted octanol–water partition coefficient (Wildman–Crippen LogP) is -0.907. The molecule has 0 aliphatic carbocycles. The summed E-state index contributed by atoms with van der Waals surface area (Å²) in [5.74, 6) is -2.24. The third-order valence-corrected chi connectivity index (χ3v) is 6.14. The highest BCUT2D eigenvalue weighted by Crippen LogP contribution is 2.21. The van der Waals surface area contributed by atoms with E-state index in [0.717, 1.165) is 19.4 Å². The van der Waals surface area contributed by atoms with Crippen LogP contribution >= 0.6 is 0 Å². The summed E-state index contributed by atoms with van der Waals surface area (Å²) in [6.45, 7) is 5.39. The molecule has 0 unspecified atom stereocenters. The molecule has 2 aliphatic rings. The molecular weight excluding hydrogens is 442 g/mol. The number of guanidine groups is 1. The maximum Gasteiger partial charge on any atom is 0.326 e. The summed E-state index contributed by atoms with van der Waals surface area (Å²) in [4.78, 5) is 52.1. The van der Waals surface area contributed by atoms with Crippen LogP contribution in [0.2, 0.25) is 0 Å². The van der Waals surface area contributed by atoms with E-state index in [1.54, 1.807) is 0 Å². The summed E-state index contributed by atoms with van der Waals surface area (Å²) < 4.78 is 0. The minimum absolute atomic E-state index is 0.153. The van der Waals surface area contributed by atoms with Crippen molar-refractivity contribution < 1.29 is 24.3 Å². The summed E-state index contributed by atoms with van der Waals surface area (Å²) in [6.07, 6.45) is 3.68. The molecule has 8 N–H and O–H groups in total. The fourth-order valence-electron chi connectivity index (χ4n) is 4.43. The van der Waals surface area contributed by atoms with Crippen LogP contribution < -0.4 is 27.0 Å². The standard InChI is InChI=1S/C22H39N7O5/c1-13(2)12-16(28-18(30)14-6-3-9-25-14)20(32)29-11-5-8-17(29)19(31)27-15(21(33)34)7-4-10-26-22(23)24/h13-17,25H,3-12H2,1-2H3,(H,27,31)(H,28,30)(H,33,34)(H4,23,24,26)/t14-,15-,16-,17-/m0/s1. The molecule has 12 heteroatoms. The lowest BCUT2D eigenvalue weighted by molar-refractivity contribution is -0.145. The number of carbonyl (C=O) groups is 4. The lowest BCUT2D eigenvalue weighted by Gasteiger charge is -2.30. The average Bonchev–Trinajstić information content (AvgIpc) is 3.46. The molecule has 192 valence electrons. The molecule has 3 amide bonds. The molecule has 2 aliphatic heterocycles. The van der Waals surface area contributed by atoms with Gasteiger partial charge in [0.15, 0.2) is 5.96 Å². The highest BCUT2D eigenvalue weighted by molar-refractivity contribution is 5.94. The largest absolute Gasteiger partial charge is 0.480 e. The molecule has 0 radical (unpaired) electrons. The van der Waals surface area contributed by atoms with Crippen LogP contribution in [0.3, 0.4) is 0 Å². The van der Waals surface area contributed by atoms with E-state index < -0.39 is 30.0 Å². The summed E-state index contributed by atoms with van der Waals surface area (Å²) >= 11 is 0. The van der Waals surface area contributed by atoms with Gasteiger partial charge in [-0.25, -0.2) is 4.79 Å². The topological polar surface area (TPSA) is 190 Å². The van der Waals surface area contributed by atoms with Gasteiger partial charge in [0.1, 0.15) is 18.1 Å². The van der Waals surface area contributed by atoms with E-state index in [-0.39, 0.29) is 36.2 Å². The SMILES string of the molecule is CC(C)C[C@H](NC(=O)[C@@H]1CCCN1)C(=O)N1CCC[C@H]1C(=O)N[C@@H](CCCNC(=N)N)C(=O)O. The van der Waals surface area contributed by atoms with E-state index >= 15 is 0 Å². The molecule has 4 atom stereocenters. The van der Waals surface area contributed by atoms with Crippen molar-refractivity contribution in [1.29, 1.82) is 5.41 Å². The van der Waals surface area contributed by atoms with Crippen LogP contribution in [0.15, 0.2) is 0 Å².